The molecule has 0 aromatic heterocycles. The van der Waals surface area contributed by atoms with Gasteiger partial charge < -0.3 is 15.4 Å². The number of guanidine groups is 1. The maximum absolute atomic E-state index is 13.7. The van der Waals surface area contributed by atoms with E-state index in [1.165, 1.54) is 30.0 Å². The molecule has 0 bridgehead atoms. The number of methoxy groups -OCH3 is 1. The van der Waals surface area contributed by atoms with Crippen LogP contribution in [-0.2, 0) is 27.5 Å². The number of sulfone groups is 1. The fraction of sp³-hybridized carbons (Fsp3) is 0.409. The van der Waals surface area contributed by atoms with E-state index in [-0.39, 0.29) is 41.7 Å². The topological polar surface area (TPSA) is 79.8 Å². The molecule has 9 heteroatoms. The number of rotatable bonds is 8. The molecule has 2 aromatic rings. The summed E-state index contributed by atoms with van der Waals surface area (Å²) in [5, 5.41) is 6.51. The van der Waals surface area contributed by atoms with Crippen LogP contribution >= 0.6 is 24.0 Å². The van der Waals surface area contributed by atoms with Crippen molar-refractivity contribution in [3.63, 3.8) is 0 Å². The fourth-order valence-corrected chi connectivity index (χ4v) is 4.46. The Morgan fingerprint density at radius 2 is 1.87 bits per heavy atom. The van der Waals surface area contributed by atoms with Crippen LogP contribution in [0, 0.1) is 5.82 Å². The summed E-state index contributed by atoms with van der Waals surface area (Å²) in [5.41, 5.74) is 2.35. The third-order valence-electron chi connectivity index (χ3n) is 5.38. The van der Waals surface area contributed by atoms with E-state index in [0.29, 0.717) is 23.6 Å². The van der Waals surface area contributed by atoms with E-state index >= 15 is 0 Å². The van der Waals surface area contributed by atoms with Gasteiger partial charge >= 0.3 is 0 Å². The number of halogens is 2. The third-order valence-corrected chi connectivity index (χ3v) is 6.22. The van der Waals surface area contributed by atoms with E-state index in [1.54, 1.807) is 14.2 Å². The lowest BCUT2D eigenvalue weighted by atomic mass is 9.95. The lowest BCUT2D eigenvalue weighted by Gasteiger charge is -2.21. The van der Waals surface area contributed by atoms with Gasteiger partial charge in [0.2, 0.25) is 0 Å². The second kappa shape index (κ2) is 10.6. The minimum atomic E-state index is -3.22. The zero-order chi connectivity index (χ0) is 21.8. The summed E-state index contributed by atoms with van der Waals surface area (Å²) in [4.78, 5) is 4.25. The molecule has 1 aliphatic carbocycles. The molecule has 0 aliphatic heterocycles. The van der Waals surface area contributed by atoms with Gasteiger partial charge in [0.05, 0.1) is 12.9 Å². The minimum Gasteiger partial charge on any atom is -0.496 e. The van der Waals surface area contributed by atoms with Gasteiger partial charge in [-0.3, -0.25) is 4.99 Å². The highest BCUT2D eigenvalue weighted by Crippen LogP contribution is 2.50. The average molecular weight is 561 g/mol. The zero-order valence-electron chi connectivity index (χ0n) is 17.9. The van der Waals surface area contributed by atoms with Crippen LogP contribution in [0.3, 0.4) is 0 Å². The van der Waals surface area contributed by atoms with Crippen LogP contribution in [0.5, 0.6) is 5.75 Å². The Kier molecular flexibility index (Phi) is 8.70. The predicted octanol–water partition coefficient (Wildman–Crippen LogP) is 3.39. The van der Waals surface area contributed by atoms with E-state index in [2.05, 4.69) is 21.7 Å². The second-order valence-electron chi connectivity index (χ2n) is 7.74. The molecule has 0 amide bonds. The van der Waals surface area contributed by atoms with Gasteiger partial charge in [0.1, 0.15) is 11.6 Å². The first kappa shape index (κ1) is 25.4. The van der Waals surface area contributed by atoms with Crippen molar-refractivity contribution in [3.8, 4) is 5.75 Å². The number of hydrogen-bond donors (Lipinski definition) is 2. The molecule has 3 rings (SSSR count). The molecule has 1 saturated carbocycles. The van der Waals surface area contributed by atoms with E-state index in [4.69, 9.17) is 4.74 Å². The van der Waals surface area contributed by atoms with Crippen molar-refractivity contribution in [2.75, 3.05) is 27.0 Å². The van der Waals surface area contributed by atoms with Crippen molar-refractivity contribution >= 4 is 39.8 Å². The molecule has 2 N–H and O–H groups in total. The van der Waals surface area contributed by atoms with Crippen molar-refractivity contribution in [1.82, 2.24) is 10.6 Å². The number of nitrogens with one attached hydrogen (secondary N) is 2. The Morgan fingerprint density at radius 3 is 2.48 bits per heavy atom. The molecule has 1 aliphatic rings. The molecule has 2 aromatic carbocycles. The summed E-state index contributed by atoms with van der Waals surface area (Å²) in [5.74, 6) is 0.920. The van der Waals surface area contributed by atoms with Crippen LogP contribution in [0.25, 0.3) is 0 Å². The van der Waals surface area contributed by atoms with Crippen molar-refractivity contribution in [2.45, 2.75) is 30.6 Å². The van der Waals surface area contributed by atoms with Gasteiger partial charge in [-0.25, -0.2) is 12.8 Å². The van der Waals surface area contributed by atoms with Gasteiger partial charge in [0.25, 0.3) is 0 Å². The molecule has 0 unspecified atom stereocenters. The molecule has 0 radical (unpaired) electrons. The second-order valence-corrected chi connectivity index (χ2v) is 9.88. The number of hydrogen-bond acceptors (Lipinski definition) is 4. The summed E-state index contributed by atoms with van der Waals surface area (Å²) in [6, 6.07) is 12.2. The SMILES string of the molecule is CN=C(NCc1cc(F)ccc1CS(C)(=O)=O)NCC1(c2ccccc2OC)CC1.I. The molecular formula is C22H29FIN3O3S. The van der Waals surface area contributed by atoms with Crippen LogP contribution in [-0.4, -0.2) is 41.3 Å². The van der Waals surface area contributed by atoms with Crippen molar-refractivity contribution in [3.05, 3.63) is 65.0 Å². The van der Waals surface area contributed by atoms with Crippen LogP contribution in [0.15, 0.2) is 47.5 Å². The molecule has 0 atom stereocenters. The molecule has 0 heterocycles. The summed E-state index contributed by atoms with van der Waals surface area (Å²) < 4.78 is 42.6. The lowest BCUT2D eigenvalue weighted by Crippen LogP contribution is -2.41. The molecule has 170 valence electrons. The van der Waals surface area contributed by atoms with Gasteiger partial charge in [0, 0.05) is 37.4 Å². The molecule has 0 spiro atoms. The lowest BCUT2D eigenvalue weighted by molar-refractivity contribution is 0.403. The van der Waals surface area contributed by atoms with Crippen LogP contribution in [0.4, 0.5) is 4.39 Å². The molecule has 0 saturated heterocycles. The van der Waals surface area contributed by atoms with Crippen molar-refractivity contribution in [1.29, 1.82) is 0 Å². The quantitative estimate of drug-likeness (QED) is 0.294. The molecule has 6 nitrogen and oxygen atoms in total. The maximum atomic E-state index is 13.7. The van der Waals surface area contributed by atoms with Crippen LogP contribution in [0.1, 0.15) is 29.5 Å². The maximum Gasteiger partial charge on any atom is 0.191 e. The van der Waals surface area contributed by atoms with E-state index in [1.807, 2.05) is 18.2 Å². The molecule has 31 heavy (non-hydrogen) atoms. The first-order valence-electron chi connectivity index (χ1n) is 9.79. The Bertz CT molecular complexity index is 1040. The smallest absolute Gasteiger partial charge is 0.191 e. The van der Waals surface area contributed by atoms with Crippen LogP contribution < -0.4 is 15.4 Å². The molecular weight excluding hydrogens is 532 g/mol. The van der Waals surface area contributed by atoms with Crippen LogP contribution in [0.2, 0.25) is 0 Å². The summed E-state index contributed by atoms with van der Waals surface area (Å²) in [7, 11) is 0.121. The van der Waals surface area contributed by atoms with Gasteiger partial charge in [-0.1, -0.05) is 24.3 Å². The number of ether oxygens (including phenoxy) is 1. The van der Waals surface area contributed by atoms with Gasteiger partial charge in [-0.15, -0.1) is 24.0 Å². The van der Waals surface area contributed by atoms with Crippen molar-refractivity contribution < 1.29 is 17.5 Å². The Labute approximate surface area is 200 Å². The largest absolute Gasteiger partial charge is 0.496 e. The summed E-state index contributed by atoms with van der Waals surface area (Å²) >= 11 is 0. The Morgan fingerprint density at radius 1 is 1.16 bits per heavy atom. The minimum absolute atomic E-state index is 0. The third kappa shape index (κ3) is 6.80. The van der Waals surface area contributed by atoms with E-state index in [9.17, 15) is 12.8 Å². The van der Waals surface area contributed by atoms with Gasteiger partial charge in [0.15, 0.2) is 15.8 Å². The Hall–Kier alpha value is -1.88. The fourth-order valence-electron chi connectivity index (χ4n) is 3.61. The summed E-state index contributed by atoms with van der Waals surface area (Å²) in [6.45, 7) is 0.955. The van der Waals surface area contributed by atoms with Gasteiger partial charge in [-0.2, -0.15) is 0 Å². The first-order valence-corrected chi connectivity index (χ1v) is 11.9. The normalized spacial score (nSPS) is 15.0. The number of para-hydroxylation sites is 1. The van der Waals surface area contributed by atoms with E-state index < -0.39 is 15.7 Å². The number of aliphatic imine (C=N–C) groups is 1. The first-order chi connectivity index (χ1) is 14.3. The number of nitrogens with zero attached hydrogens (tertiary/aromatic N) is 1. The highest BCUT2D eigenvalue weighted by Gasteiger charge is 2.46. The zero-order valence-corrected chi connectivity index (χ0v) is 21.1. The summed E-state index contributed by atoms with van der Waals surface area (Å²) in [6.07, 6.45) is 3.28. The molecule has 1 fully saturated rings. The highest BCUT2D eigenvalue weighted by atomic mass is 127. The average Bonchev–Trinajstić information content (AvgIpc) is 3.50. The highest BCUT2D eigenvalue weighted by molar-refractivity contribution is 14.0. The monoisotopic (exact) mass is 561 g/mol. The standard InChI is InChI=1S/C22H28FN3O3S.HI/c1-24-21(25-13-17-12-18(23)9-8-16(17)14-30(3,27)28)26-15-22(10-11-22)19-6-4-5-7-20(19)29-2;/h4-9,12H,10-11,13-15H2,1-3H3,(H2,24,25,26);1H. The predicted molar refractivity (Wildman–Crippen MR) is 132 cm³/mol. The van der Waals surface area contributed by atoms with Gasteiger partial charge in [-0.05, 0) is 42.2 Å². The van der Waals surface area contributed by atoms with E-state index in [0.717, 1.165) is 18.6 Å². The number of benzene rings is 2. The Balaban J connectivity index is 0.00000341. The van der Waals surface area contributed by atoms with Crippen molar-refractivity contribution in [2.24, 2.45) is 4.99 Å².